The maximum atomic E-state index is 12.6. The summed E-state index contributed by atoms with van der Waals surface area (Å²) in [6.45, 7) is 11.5. The summed E-state index contributed by atoms with van der Waals surface area (Å²) < 4.78 is 16.7. The number of hydrogen-bond acceptors (Lipinski definition) is 5. The van der Waals surface area contributed by atoms with Crippen molar-refractivity contribution in [3.05, 3.63) is 29.8 Å². The summed E-state index contributed by atoms with van der Waals surface area (Å²) in [5.74, 6) is 0.0713. The average molecular weight is 467 g/mol. The Kier molecular flexibility index (Phi) is 15.0. The van der Waals surface area contributed by atoms with E-state index in [2.05, 4.69) is 26.1 Å². The number of carboxylic acid groups (broad SMARTS) is 1. The molecule has 0 aliphatic carbocycles. The second-order valence-corrected chi connectivity index (χ2v) is 8.37. The number of amides is 2. The van der Waals surface area contributed by atoms with Gasteiger partial charge in [0.1, 0.15) is 12.4 Å². The molecule has 33 heavy (non-hydrogen) atoms. The molecule has 1 atom stereocenters. The van der Waals surface area contributed by atoms with Crippen molar-refractivity contribution in [1.82, 2.24) is 10.2 Å². The Balaban J connectivity index is 2.52. The Labute approximate surface area is 198 Å². The molecule has 0 saturated carbocycles. The zero-order valence-corrected chi connectivity index (χ0v) is 20.7. The number of carbonyl (C=O) groups excluding carboxylic acids is 1. The van der Waals surface area contributed by atoms with Gasteiger partial charge in [-0.3, -0.25) is 0 Å². The fraction of sp³-hybridized carbons (Fsp3) is 0.680. The van der Waals surface area contributed by atoms with Crippen molar-refractivity contribution in [2.75, 3.05) is 46.1 Å². The third-order valence-corrected chi connectivity index (χ3v) is 4.96. The van der Waals surface area contributed by atoms with Crippen LogP contribution in [0.25, 0.3) is 0 Å². The van der Waals surface area contributed by atoms with E-state index in [4.69, 9.17) is 14.2 Å². The standard InChI is InChI=1S/C25H42N2O6/c1-5-7-8-15-31-16-13-27(25(30)26-19-20(3)4)14-17-33-22-11-9-21(10-12-22)18-23(24(28)29)32-6-2/h9-12,20,23H,5-8,13-19H2,1-4H3,(H,26,30)(H,28,29). The predicted octanol–water partition coefficient (Wildman–Crippen LogP) is 3.97. The number of rotatable bonds is 18. The van der Waals surface area contributed by atoms with Crippen molar-refractivity contribution in [2.45, 2.75) is 59.5 Å². The molecular weight excluding hydrogens is 424 g/mol. The summed E-state index contributed by atoms with van der Waals surface area (Å²) in [5.41, 5.74) is 0.859. The molecule has 1 unspecified atom stereocenters. The maximum absolute atomic E-state index is 12.6. The largest absolute Gasteiger partial charge is 0.492 e. The Morgan fingerprint density at radius 1 is 1.03 bits per heavy atom. The predicted molar refractivity (Wildman–Crippen MR) is 129 cm³/mol. The number of benzene rings is 1. The first-order valence-corrected chi connectivity index (χ1v) is 12.0. The van der Waals surface area contributed by atoms with Crippen LogP contribution in [0.3, 0.4) is 0 Å². The topological polar surface area (TPSA) is 97.3 Å². The molecule has 1 aromatic carbocycles. The number of hydrogen-bond donors (Lipinski definition) is 2. The molecule has 2 amide bonds. The Morgan fingerprint density at radius 2 is 1.73 bits per heavy atom. The van der Waals surface area contributed by atoms with Crippen molar-refractivity contribution in [3.8, 4) is 5.75 Å². The van der Waals surface area contributed by atoms with Gasteiger partial charge in [0.2, 0.25) is 0 Å². The van der Waals surface area contributed by atoms with Crippen LogP contribution in [0.15, 0.2) is 24.3 Å². The summed E-state index contributed by atoms with van der Waals surface area (Å²) >= 11 is 0. The van der Waals surface area contributed by atoms with Gasteiger partial charge >= 0.3 is 12.0 Å². The van der Waals surface area contributed by atoms with Crippen LogP contribution < -0.4 is 10.1 Å². The second kappa shape index (κ2) is 17.2. The van der Waals surface area contributed by atoms with Gasteiger partial charge in [0.25, 0.3) is 0 Å². The van der Waals surface area contributed by atoms with Crippen molar-refractivity contribution in [1.29, 1.82) is 0 Å². The van der Waals surface area contributed by atoms with E-state index in [0.29, 0.717) is 64.2 Å². The molecule has 8 heteroatoms. The van der Waals surface area contributed by atoms with Crippen LogP contribution in [0.5, 0.6) is 5.75 Å². The minimum Gasteiger partial charge on any atom is -0.492 e. The fourth-order valence-corrected chi connectivity index (χ4v) is 3.08. The molecular formula is C25H42N2O6. The summed E-state index contributed by atoms with van der Waals surface area (Å²) in [6, 6.07) is 7.17. The van der Waals surface area contributed by atoms with Gasteiger partial charge < -0.3 is 29.5 Å². The number of nitrogens with one attached hydrogen (secondary N) is 1. The third kappa shape index (κ3) is 13.1. The Hall–Kier alpha value is -2.32. The van der Waals surface area contributed by atoms with Gasteiger partial charge in [0, 0.05) is 32.7 Å². The first-order chi connectivity index (χ1) is 15.9. The molecule has 0 spiro atoms. The lowest BCUT2D eigenvalue weighted by atomic mass is 10.1. The highest BCUT2D eigenvalue weighted by molar-refractivity contribution is 5.74. The molecule has 1 aromatic rings. The lowest BCUT2D eigenvalue weighted by Crippen LogP contribution is -2.44. The Morgan fingerprint density at radius 3 is 2.33 bits per heavy atom. The van der Waals surface area contributed by atoms with Crippen LogP contribution in [-0.4, -0.2) is 74.2 Å². The summed E-state index contributed by atoms with van der Waals surface area (Å²) in [5, 5.41) is 12.2. The van der Waals surface area contributed by atoms with Crippen LogP contribution in [-0.2, 0) is 20.7 Å². The van der Waals surface area contributed by atoms with Gasteiger partial charge in [-0.1, -0.05) is 45.7 Å². The molecule has 8 nitrogen and oxygen atoms in total. The normalized spacial score (nSPS) is 11.9. The number of unbranched alkanes of at least 4 members (excludes halogenated alkanes) is 2. The van der Waals surface area contributed by atoms with Crippen molar-refractivity contribution in [3.63, 3.8) is 0 Å². The molecule has 0 aromatic heterocycles. The van der Waals surface area contributed by atoms with Crippen LogP contribution in [0.2, 0.25) is 0 Å². The van der Waals surface area contributed by atoms with Crippen molar-refractivity contribution in [2.24, 2.45) is 5.92 Å². The molecule has 0 radical (unpaired) electrons. The average Bonchev–Trinajstić information content (AvgIpc) is 2.79. The summed E-state index contributed by atoms with van der Waals surface area (Å²) in [4.78, 5) is 25.5. The van der Waals surface area contributed by atoms with E-state index >= 15 is 0 Å². The molecule has 0 aliphatic rings. The quantitative estimate of drug-likeness (QED) is 0.318. The van der Waals surface area contributed by atoms with E-state index in [1.54, 1.807) is 24.0 Å². The Bertz CT molecular complexity index is 665. The minimum absolute atomic E-state index is 0.115. The number of carboxylic acids is 1. The second-order valence-electron chi connectivity index (χ2n) is 8.37. The molecule has 188 valence electrons. The van der Waals surface area contributed by atoms with Gasteiger partial charge in [0.15, 0.2) is 6.10 Å². The first kappa shape index (κ1) is 28.7. The van der Waals surface area contributed by atoms with Crippen molar-refractivity contribution >= 4 is 12.0 Å². The van der Waals surface area contributed by atoms with Gasteiger partial charge in [0.05, 0.1) is 13.2 Å². The van der Waals surface area contributed by atoms with Crippen molar-refractivity contribution < 1.29 is 28.9 Å². The van der Waals surface area contributed by atoms with Crippen LogP contribution in [0, 0.1) is 5.92 Å². The highest BCUT2D eigenvalue weighted by atomic mass is 16.5. The number of nitrogens with zero attached hydrogens (tertiary/aromatic N) is 1. The van der Waals surface area contributed by atoms with E-state index in [1.807, 2.05) is 12.1 Å². The van der Waals surface area contributed by atoms with E-state index in [-0.39, 0.29) is 6.03 Å². The SMILES string of the molecule is CCCCCOCCN(CCOc1ccc(CC(OCC)C(=O)O)cc1)C(=O)NCC(C)C. The van der Waals surface area contributed by atoms with Crippen LogP contribution in [0.4, 0.5) is 4.79 Å². The van der Waals surface area contributed by atoms with E-state index < -0.39 is 12.1 Å². The van der Waals surface area contributed by atoms with E-state index in [9.17, 15) is 14.7 Å². The van der Waals surface area contributed by atoms with Gasteiger partial charge in [-0.05, 0) is 37.0 Å². The monoisotopic (exact) mass is 466 g/mol. The number of aliphatic carboxylic acids is 1. The van der Waals surface area contributed by atoms with Gasteiger partial charge in [-0.15, -0.1) is 0 Å². The van der Waals surface area contributed by atoms with Gasteiger partial charge in [-0.25, -0.2) is 9.59 Å². The zero-order chi connectivity index (χ0) is 24.5. The van der Waals surface area contributed by atoms with Gasteiger partial charge in [-0.2, -0.15) is 0 Å². The lowest BCUT2D eigenvalue weighted by Gasteiger charge is -2.24. The molecule has 0 bridgehead atoms. The molecule has 1 rings (SSSR count). The smallest absolute Gasteiger partial charge is 0.333 e. The first-order valence-electron chi connectivity index (χ1n) is 12.0. The minimum atomic E-state index is -0.970. The molecule has 0 aliphatic heterocycles. The number of ether oxygens (including phenoxy) is 3. The molecule has 0 saturated heterocycles. The number of urea groups is 1. The summed E-state index contributed by atoms with van der Waals surface area (Å²) in [6.07, 6.45) is 2.77. The highest BCUT2D eigenvalue weighted by Gasteiger charge is 2.18. The molecule has 0 heterocycles. The fourth-order valence-electron chi connectivity index (χ4n) is 3.08. The molecule has 2 N–H and O–H groups in total. The highest BCUT2D eigenvalue weighted by Crippen LogP contribution is 2.14. The van der Waals surface area contributed by atoms with E-state index in [1.165, 1.54) is 0 Å². The number of carbonyl (C=O) groups is 2. The third-order valence-electron chi connectivity index (χ3n) is 4.96. The lowest BCUT2D eigenvalue weighted by molar-refractivity contribution is -0.149. The van der Waals surface area contributed by atoms with Crippen LogP contribution in [0.1, 0.15) is 52.5 Å². The zero-order valence-electron chi connectivity index (χ0n) is 20.7. The summed E-state index contributed by atoms with van der Waals surface area (Å²) in [7, 11) is 0. The van der Waals surface area contributed by atoms with Crippen LogP contribution >= 0.6 is 0 Å². The molecule has 0 fully saturated rings. The maximum Gasteiger partial charge on any atom is 0.333 e. The van der Waals surface area contributed by atoms with E-state index in [0.717, 1.165) is 24.8 Å².